The Balaban J connectivity index is 0.00000133. The van der Waals surface area contributed by atoms with Crippen LogP contribution in [0.3, 0.4) is 0 Å². The van der Waals surface area contributed by atoms with Gasteiger partial charge in [0.2, 0.25) is 0 Å². The van der Waals surface area contributed by atoms with Crippen LogP contribution in [0.5, 0.6) is 0 Å². The number of nitriles is 1. The molecule has 1 aromatic carbocycles. The van der Waals surface area contributed by atoms with Crippen molar-refractivity contribution in [3.63, 3.8) is 0 Å². The second kappa shape index (κ2) is 5.87. The van der Waals surface area contributed by atoms with Crippen molar-refractivity contribution in [2.45, 2.75) is 12.5 Å². The number of nitrogens with one attached hydrogen (secondary N) is 2. The summed E-state index contributed by atoms with van der Waals surface area (Å²) in [6, 6.07) is 12.3. The van der Waals surface area contributed by atoms with Crippen molar-refractivity contribution in [1.82, 2.24) is 10.3 Å². The third-order valence-corrected chi connectivity index (χ3v) is 3.27. The Hall–Kier alpha value is -1.83. The molecule has 1 unspecified atom stereocenters. The fraction of sp³-hybridized carbons (Fsp3) is 0.286. The molecule has 2 aromatic rings. The van der Waals surface area contributed by atoms with Crippen molar-refractivity contribution in [2.75, 3.05) is 18.4 Å². The Labute approximate surface area is 118 Å². The summed E-state index contributed by atoms with van der Waals surface area (Å²) in [6.45, 7) is 2.07. The monoisotopic (exact) mass is 274 g/mol. The third kappa shape index (κ3) is 2.78. The predicted octanol–water partition coefficient (Wildman–Crippen LogP) is 2.30. The molecule has 3 rings (SSSR count). The van der Waals surface area contributed by atoms with Crippen LogP contribution in [0, 0.1) is 11.3 Å². The first-order valence-electron chi connectivity index (χ1n) is 6.14. The van der Waals surface area contributed by atoms with Gasteiger partial charge in [0.1, 0.15) is 11.8 Å². The average Bonchev–Trinajstić information content (AvgIpc) is 2.91. The van der Waals surface area contributed by atoms with E-state index >= 15 is 0 Å². The van der Waals surface area contributed by atoms with Crippen LogP contribution < -0.4 is 10.6 Å². The Kier molecular flexibility index (Phi) is 4.20. The van der Waals surface area contributed by atoms with Crippen LogP contribution in [0.4, 0.5) is 5.69 Å². The summed E-state index contributed by atoms with van der Waals surface area (Å²) in [4.78, 5) is 4.31. The Morgan fingerprint density at radius 1 is 1.32 bits per heavy atom. The van der Waals surface area contributed by atoms with Gasteiger partial charge in [0.25, 0.3) is 0 Å². The van der Waals surface area contributed by atoms with Crippen LogP contribution >= 0.6 is 12.4 Å². The van der Waals surface area contributed by atoms with Gasteiger partial charge in [-0.3, -0.25) is 0 Å². The van der Waals surface area contributed by atoms with Crippen molar-refractivity contribution >= 4 is 29.0 Å². The van der Waals surface area contributed by atoms with Crippen LogP contribution in [-0.2, 0) is 0 Å². The number of anilines is 1. The Bertz CT molecular complexity index is 614. The van der Waals surface area contributed by atoms with Crippen molar-refractivity contribution < 1.29 is 0 Å². The second-order valence-electron chi connectivity index (χ2n) is 4.51. The molecule has 0 spiro atoms. The van der Waals surface area contributed by atoms with Crippen molar-refractivity contribution in [3.8, 4) is 6.07 Å². The van der Waals surface area contributed by atoms with Crippen LogP contribution in [0.2, 0.25) is 0 Å². The molecule has 0 bridgehead atoms. The highest BCUT2D eigenvalue weighted by Crippen LogP contribution is 2.23. The number of benzene rings is 1. The van der Waals surface area contributed by atoms with E-state index in [0.29, 0.717) is 11.7 Å². The van der Waals surface area contributed by atoms with Gasteiger partial charge in [0.15, 0.2) is 0 Å². The summed E-state index contributed by atoms with van der Waals surface area (Å²) in [6.07, 6.45) is 1.14. The lowest BCUT2D eigenvalue weighted by Crippen LogP contribution is -2.22. The van der Waals surface area contributed by atoms with Gasteiger partial charge in [-0.15, -0.1) is 12.4 Å². The largest absolute Gasteiger partial charge is 0.380 e. The Morgan fingerprint density at radius 3 is 2.95 bits per heavy atom. The van der Waals surface area contributed by atoms with Crippen molar-refractivity contribution in [2.24, 2.45) is 0 Å². The summed E-state index contributed by atoms with van der Waals surface area (Å²) in [5.41, 5.74) is 2.42. The molecule has 0 saturated carbocycles. The number of halogens is 1. The van der Waals surface area contributed by atoms with Gasteiger partial charge < -0.3 is 10.6 Å². The molecular weight excluding hydrogens is 260 g/mol. The molecule has 4 nitrogen and oxygen atoms in total. The van der Waals surface area contributed by atoms with Gasteiger partial charge in [-0.1, -0.05) is 6.07 Å². The fourth-order valence-electron chi connectivity index (χ4n) is 2.34. The number of hydrogen-bond donors (Lipinski definition) is 2. The maximum Gasteiger partial charge on any atom is 0.141 e. The molecule has 5 heteroatoms. The van der Waals surface area contributed by atoms with Crippen molar-refractivity contribution in [1.29, 1.82) is 5.26 Å². The van der Waals surface area contributed by atoms with Crippen molar-refractivity contribution in [3.05, 3.63) is 36.0 Å². The minimum Gasteiger partial charge on any atom is -0.380 e. The minimum atomic E-state index is 0. The van der Waals surface area contributed by atoms with Gasteiger partial charge in [0.05, 0.1) is 5.52 Å². The fourth-order valence-corrected chi connectivity index (χ4v) is 2.34. The van der Waals surface area contributed by atoms with E-state index in [0.717, 1.165) is 36.1 Å². The molecule has 0 radical (unpaired) electrons. The van der Waals surface area contributed by atoms with Gasteiger partial charge in [-0.2, -0.15) is 5.26 Å². The number of pyridine rings is 1. The molecule has 1 aliphatic heterocycles. The van der Waals surface area contributed by atoms with Crippen LogP contribution in [0.1, 0.15) is 12.1 Å². The van der Waals surface area contributed by atoms with Gasteiger partial charge >= 0.3 is 0 Å². The number of nitrogens with zero attached hydrogens (tertiary/aromatic N) is 2. The highest BCUT2D eigenvalue weighted by molar-refractivity contribution is 5.91. The smallest absolute Gasteiger partial charge is 0.141 e. The Morgan fingerprint density at radius 2 is 2.21 bits per heavy atom. The first-order valence-corrected chi connectivity index (χ1v) is 6.14. The maximum atomic E-state index is 8.86. The number of hydrogen-bond acceptors (Lipinski definition) is 4. The molecule has 19 heavy (non-hydrogen) atoms. The van der Waals surface area contributed by atoms with E-state index in [9.17, 15) is 0 Å². The summed E-state index contributed by atoms with van der Waals surface area (Å²) in [7, 11) is 0. The standard InChI is InChI=1S/C14H14N4.ClH/c15-8-10-4-5-12-13(17-10)2-1-3-14(12)18-11-6-7-16-9-11;/h1-5,11,16,18H,6-7,9H2;1H. The number of aromatic nitrogens is 1. The molecule has 1 fully saturated rings. The summed E-state index contributed by atoms with van der Waals surface area (Å²) in [5, 5.41) is 16.8. The normalized spacial score (nSPS) is 17.7. The first kappa shape index (κ1) is 13.6. The van der Waals surface area contributed by atoms with E-state index < -0.39 is 0 Å². The van der Waals surface area contributed by atoms with Gasteiger partial charge in [-0.25, -0.2) is 4.98 Å². The van der Waals surface area contributed by atoms with E-state index in [1.165, 1.54) is 0 Å². The number of fused-ring (bicyclic) bond motifs is 1. The van der Waals surface area contributed by atoms with Gasteiger partial charge in [0, 0.05) is 23.7 Å². The second-order valence-corrected chi connectivity index (χ2v) is 4.51. The predicted molar refractivity (Wildman–Crippen MR) is 78.6 cm³/mol. The molecular formula is C14H15ClN4. The zero-order valence-electron chi connectivity index (χ0n) is 10.4. The lowest BCUT2D eigenvalue weighted by atomic mass is 10.1. The lowest BCUT2D eigenvalue weighted by molar-refractivity contribution is 0.794. The van der Waals surface area contributed by atoms with Crippen LogP contribution in [-0.4, -0.2) is 24.1 Å². The van der Waals surface area contributed by atoms with E-state index in [2.05, 4.69) is 27.8 Å². The molecule has 1 atom stereocenters. The van der Waals surface area contributed by atoms with Gasteiger partial charge in [-0.05, 0) is 37.2 Å². The van der Waals surface area contributed by atoms with E-state index in [-0.39, 0.29) is 12.4 Å². The summed E-state index contributed by atoms with van der Waals surface area (Å²) < 4.78 is 0. The molecule has 2 N–H and O–H groups in total. The minimum absolute atomic E-state index is 0. The number of rotatable bonds is 2. The highest BCUT2D eigenvalue weighted by Gasteiger charge is 2.14. The lowest BCUT2D eigenvalue weighted by Gasteiger charge is -2.14. The van der Waals surface area contributed by atoms with Crippen LogP contribution in [0.25, 0.3) is 10.9 Å². The zero-order valence-corrected chi connectivity index (χ0v) is 11.2. The molecule has 0 amide bonds. The molecule has 98 valence electrons. The zero-order chi connectivity index (χ0) is 12.4. The molecule has 1 saturated heterocycles. The van der Waals surface area contributed by atoms with E-state index in [1.54, 1.807) is 6.07 Å². The topological polar surface area (TPSA) is 60.7 Å². The molecule has 0 aliphatic carbocycles. The summed E-state index contributed by atoms with van der Waals surface area (Å²) in [5.74, 6) is 0. The van der Waals surface area contributed by atoms with Crippen LogP contribution in [0.15, 0.2) is 30.3 Å². The quantitative estimate of drug-likeness (QED) is 0.882. The maximum absolute atomic E-state index is 8.86. The SMILES string of the molecule is Cl.N#Cc1ccc2c(NC3CCNC3)cccc2n1. The summed E-state index contributed by atoms with van der Waals surface area (Å²) >= 11 is 0. The average molecular weight is 275 g/mol. The molecule has 1 aliphatic rings. The first-order chi connectivity index (χ1) is 8.86. The third-order valence-electron chi connectivity index (χ3n) is 3.27. The van der Waals surface area contributed by atoms with E-state index in [4.69, 9.17) is 5.26 Å². The molecule has 1 aromatic heterocycles. The highest BCUT2D eigenvalue weighted by atomic mass is 35.5. The van der Waals surface area contributed by atoms with E-state index in [1.807, 2.05) is 18.2 Å². The molecule has 2 heterocycles.